The Kier molecular flexibility index (Phi) is 7.79. The molecule has 1 atom stereocenters. The lowest BCUT2D eigenvalue weighted by Crippen LogP contribution is -2.26. The number of amides is 1. The van der Waals surface area contributed by atoms with Crippen LogP contribution in [0.2, 0.25) is 5.02 Å². The number of carbonyl (C=O) groups excluding carboxylic acids is 1. The van der Waals surface area contributed by atoms with Crippen molar-refractivity contribution in [2.24, 2.45) is 0 Å². The van der Waals surface area contributed by atoms with E-state index in [1.54, 1.807) is 25.3 Å². The van der Waals surface area contributed by atoms with E-state index in [1.807, 2.05) is 62.4 Å². The van der Waals surface area contributed by atoms with Crippen LogP contribution in [-0.4, -0.2) is 19.6 Å². The maximum absolute atomic E-state index is 12.9. The summed E-state index contributed by atoms with van der Waals surface area (Å²) in [6.45, 7) is 4.60. The van der Waals surface area contributed by atoms with Crippen molar-refractivity contribution < 1.29 is 19.0 Å². The number of para-hydroxylation sites is 2. The van der Waals surface area contributed by atoms with Gasteiger partial charge in [0.25, 0.3) is 5.91 Å². The molecule has 0 radical (unpaired) electrons. The van der Waals surface area contributed by atoms with Gasteiger partial charge in [0.05, 0.1) is 19.8 Å². The standard InChI is InChI=1S/C25H26ClNO4/c1-4-30-22-14-11-19(25(28)27-17(2)18-9-12-21(26)13-10-18)15-20(22)16-31-24-8-6-5-7-23(24)29-3/h5-15,17H,4,16H2,1-3H3,(H,27,28)/t17-/m0/s1. The highest BCUT2D eigenvalue weighted by Crippen LogP contribution is 2.29. The summed E-state index contributed by atoms with van der Waals surface area (Å²) in [7, 11) is 1.60. The van der Waals surface area contributed by atoms with E-state index in [4.69, 9.17) is 25.8 Å². The first kappa shape index (κ1) is 22.5. The molecule has 162 valence electrons. The monoisotopic (exact) mass is 439 g/mol. The molecule has 3 aromatic rings. The summed E-state index contributed by atoms with van der Waals surface area (Å²) in [5.41, 5.74) is 2.28. The van der Waals surface area contributed by atoms with Gasteiger partial charge in [-0.3, -0.25) is 4.79 Å². The molecule has 0 aliphatic rings. The van der Waals surface area contributed by atoms with Crippen molar-refractivity contribution >= 4 is 17.5 Å². The van der Waals surface area contributed by atoms with Gasteiger partial charge >= 0.3 is 0 Å². The molecule has 0 fully saturated rings. The van der Waals surface area contributed by atoms with Gasteiger partial charge in [0, 0.05) is 16.1 Å². The van der Waals surface area contributed by atoms with Crippen LogP contribution in [0.15, 0.2) is 66.7 Å². The number of carbonyl (C=O) groups is 1. The molecule has 0 unspecified atom stereocenters. The molecule has 5 nitrogen and oxygen atoms in total. The van der Waals surface area contributed by atoms with Crippen molar-refractivity contribution in [1.29, 1.82) is 0 Å². The fourth-order valence-corrected chi connectivity index (χ4v) is 3.26. The smallest absolute Gasteiger partial charge is 0.251 e. The van der Waals surface area contributed by atoms with Gasteiger partial charge in [-0.25, -0.2) is 0 Å². The second-order valence-electron chi connectivity index (χ2n) is 6.94. The van der Waals surface area contributed by atoms with E-state index in [0.717, 1.165) is 11.1 Å². The van der Waals surface area contributed by atoms with Gasteiger partial charge in [-0.2, -0.15) is 0 Å². The number of methoxy groups -OCH3 is 1. The molecular formula is C25H26ClNO4. The summed E-state index contributed by atoms with van der Waals surface area (Å²) >= 11 is 5.95. The zero-order chi connectivity index (χ0) is 22.2. The van der Waals surface area contributed by atoms with Gasteiger partial charge in [-0.15, -0.1) is 0 Å². The van der Waals surface area contributed by atoms with Gasteiger partial charge in [0.1, 0.15) is 12.4 Å². The Labute approximate surface area is 187 Å². The van der Waals surface area contributed by atoms with Crippen LogP contribution < -0.4 is 19.5 Å². The van der Waals surface area contributed by atoms with Crippen molar-refractivity contribution in [3.8, 4) is 17.2 Å². The lowest BCUT2D eigenvalue weighted by Gasteiger charge is -2.17. The molecule has 3 rings (SSSR count). The van der Waals surface area contributed by atoms with Crippen molar-refractivity contribution in [1.82, 2.24) is 5.32 Å². The Hall–Kier alpha value is -3.18. The van der Waals surface area contributed by atoms with Crippen LogP contribution in [0, 0.1) is 0 Å². The van der Waals surface area contributed by atoms with E-state index in [0.29, 0.717) is 34.4 Å². The summed E-state index contributed by atoms with van der Waals surface area (Å²) < 4.78 is 17.0. The minimum atomic E-state index is -0.177. The summed E-state index contributed by atoms with van der Waals surface area (Å²) in [5, 5.41) is 3.68. The molecule has 0 saturated heterocycles. The SMILES string of the molecule is CCOc1ccc(C(=O)N[C@@H](C)c2ccc(Cl)cc2)cc1COc1ccccc1OC. The molecule has 1 amide bonds. The highest BCUT2D eigenvalue weighted by atomic mass is 35.5. The first-order chi connectivity index (χ1) is 15.0. The third kappa shape index (κ3) is 5.92. The highest BCUT2D eigenvalue weighted by molar-refractivity contribution is 6.30. The maximum Gasteiger partial charge on any atom is 0.251 e. The molecule has 31 heavy (non-hydrogen) atoms. The average Bonchev–Trinajstić information content (AvgIpc) is 2.79. The number of halogens is 1. The Morgan fingerprint density at radius 3 is 2.35 bits per heavy atom. The Bertz CT molecular complexity index is 1020. The molecule has 0 saturated carbocycles. The van der Waals surface area contributed by atoms with E-state index in [1.165, 1.54) is 0 Å². The molecule has 1 N–H and O–H groups in total. The van der Waals surface area contributed by atoms with E-state index in [2.05, 4.69) is 5.32 Å². The van der Waals surface area contributed by atoms with Crippen LogP contribution in [0.5, 0.6) is 17.2 Å². The van der Waals surface area contributed by atoms with Crippen LogP contribution in [0.1, 0.15) is 41.4 Å². The Morgan fingerprint density at radius 2 is 1.68 bits per heavy atom. The second-order valence-corrected chi connectivity index (χ2v) is 7.38. The number of ether oxygens (including phenoxy) is 3. The first-order valence-electron chi connectivity index (χ1n) is 10.1. The molecule has 0 heterocycles. The van der Waals surface area contributed by atoms with E-state index < -0.39 is 0 Å². The topological polar surface area (TPSA) is 56.8 Å². The Balaban J connectivity index is 1.76. The second kappa shape index (κ2) is 10.7. The Morgan fingerprint density at radius 1 is 0.968 bits per heavy atom. The lowest BCUT2D eigenvalue weighted by atomic mass is 10.1. The fourth-order valence-electron chi connectivity index (χ4n) is 3.14. The van der Waals surface area contributed by atoms with Crippen molar-refractivity contribution in [3.05, 3.63) is 88.4 Å². The normalized spacial score (nSPS) is 11.5. The van der Waals surface area contributed by atoms with Gasteiger partial charge in [0.2, 0.25) is 0 Å². The summed E-state index contributed by atoms with van der Waals surface area (Å²) in [5.74, 6) is 1.77. The van der Waals surface area contributed by atoms with Gasteiger partial charge in [-0.05, 0) is 61.9 Å². The molecule has 0 aromatic heterocycles. The molecule has 6 heteroatoms. The van der Waals surface area contributed by atoms with Crippen molar-refractivity contribution in [3.63, 3.8) is 0 Å². The number of hydrogen-bond donors (Lipinski definition) is 1. The largest absolute Gasteiger partial charge is 0.493 e. The number of benzene rings is 3. The number of hydrogen-bond acceptors (Lipinski definition) is 4. The first-order valence-corrected chi connectivity index (χ1v) is 10.5. The number of rotatable bonds is 9. The van der Waals surface area contributed by atoms with Crippen LogP contribution in [-0.2, 0) is 6.61 Å². The van der Waals surface area contributed by atoms with Gasteiger partial charge < -0.3 is 19.5 Å². The third-order valence-corrected chi connectivity index (χ3v) is 5.04. The summed E-state index contributed by atoms with van der Waals surface area (Å²) in [6, 6.07) is 20.0. The minimum absolute atomic E-state index is 0.162. The van der Waals surface area contributed by atoms with E-state index >= 15 is 0 Å². The average molecular weight is 440 g/mol. The number of nitrogens with one attached hydrogen (secondary N) is 1. The molecule has 0 aliphatic heterocycles. The van der Waals surface area contributed by atoms with Crippen LogP contribution in [0.25, 0.3) is 0 Å². The van der Waals surface area contributed by atoms with Crippen molar-refractivity contribution in [2.45, 2.75) is 26.5 Å². The van der Waals surface area contributed by atoms with E-state index in [-0.39, 0.29) is 18.6 Å². The molecule has 0 aliphatic carbocycles. The molecule has 3 aromatic carbocycles. The van der Waals surface area contributed by atoms with Crippen LogP contribution in [0.4, 0.5) is 0 Å². The highest BCUT2D eigenvalue weighted by Gasteiger charge is 2.15. The zero-order valence-electron chi connectivity index (χ0n) is 17.9. The lowest BCUT2D eigenvalue weighted by molar-refractivity contribution is 0.0939. The summed E-state index contributed by atoms with van der Waals surface area (Å²) in [4.78, 5) is 12.9. The molecular weight excluding hydrogens is 414 g/mol. The summed E-state index contributed by atoms with van der Waals surface area (Å²) in [6.07, 6.45) is 0. The third-order valence-electron chi connectivity index (χ3n) is 4.79. The van der Waals surface area contributed by atoms with Crippen LogP contribution in [0.3, 0.4) is 0 Å². The van der Waals surface area contributed by atoms with Crippen LogP contribution >= 0.6 is 11.6 Å². The quantitative estimate of drug-likeness (QED) is 0.456. The zero-order valence-corrected chi connectivity index (χ0v) is 18.6. The minimum Gasteiger partial charge on any atom is -0.493 e. The van der Waals surface area contributed by atoms with Gasteiger partial charge in [0.15, 0.2) is 11.5 Å². The molecule has 0 bridgehead atoms. The molecule has 0 spiro atoms. The van der Waals surface area contributed by atoms with Crippen molar-refractivity contribution in [2.75, 3.05) is 13.7 Å². The van der Waals surface area contributed by atoms with Gasteiger partial charge in [-0.1, -0.05) is 35.9 Å². The maximum atomic E-state index is 12.9. The fraction of sp³-hybridized carbons (Fsp3) is 0.240. The van der Waals surface area contributed by atoms with E-state index in [9.17, 15) is 4.79 Å². The predicted octanol–water partition coefficient (Wildman–Crippen LogP) is 5.82. The predicted molar refractivity (Wildman–Crippen MR) is 122 cm³/mol.